The summed E-state index contributed by atoms with van der Waals surface area (Å²) in [6.45, 7) is 2.09. The van der Waals surface area contributed by atoms with Crippen molar-refractivity contribution < 1.29 is 4.79 Å². The number of carbonyl (C=O) groups is 1. The molecule has 1 aromatic carbocycles. The molecule has 1 aromatic heterocycles. The summed E-state index contributed by atoms with van der Waals surface area (Å²) >= 11 is 1.58. The monoisotopic (exact) mass is 257 g/mol. The summed E-state index contributed by atoms with van der Waals surface area (Å²) in [5, 5.41) is 1.09. The summed E-state index contributed by atoms with van der Waals surface area (Å²) in [5.41, 5.74) is 2.27. The van der Waals surface area contributed by atoms with Gasteiger partial charge in [0.05, 0.1) is 15.6 Å². The fourth-order valence-corrected chi connectivity index (χ4v) is 3.47. The molecule has 3 heteroatoms. The Hall–Kier alpha value is -1.48. The second kappa shape index (κ2) is 4.65. The third kappa shape index (κ3) is 1.99. The first-order chi connectivity index (χ1) is 8.78. The zero-order valence-electron chi connectivity index (χ0n) is 10.3. The van der Waals surface area contributed by atoms with Crippen molar-refractivity contribution in [2.75, 3.05) is 0 Å². The minimum Gasteiger partial charge on any atom is -0.293 e. The fraction of sp³-hybridized carbons (Fsp3) is 0.333. The Morgan fingerprint density at radius 1 is 1.28 bits per heavy atom. The highest BCUT2D eigenvalue weighted by molar-refractivity contribution is 7.13. The van der Waals surface area contributed by atoms with Gasteiger partial charge < -0.3 is 0 Å². The Morgan fingerprint density at radius 2 is 2.06 bits per heavy atom. The summed E-state index contributed by atoms with van der Waals surface area (Å²) in [7, 11) is 0. The van der Waals surface area contributed by atoms with Crippen LogP contribution in [0.3, 0.4) is 0 Å². The van der Waals surface area contributed by atoms with E-state index < -0.39 is 0 Å². The van der Waals surface area contributed by atoms with Crippen LogP contribution in [-0.2, 0) is 12.8 Å². The van der Waals surface area contributed by atoms with Crippen LogP contribution in [0.4, 0.5) is 0 Å². The van der Waals surface area contributed by atoms with Crippen LogP contribution in [0.1, 0.15) is 45.2 Å². The van der Waals surface area contributed by atoms with E-state index in [4.69, 9.17) is 0 Å². The molecule has 0 aliphatic heterocycles. The van der Waals surface area contributed by atoms with Gasteiger partial charge in [-0.1, -0.05) is 37.3 Å². The third-order valence-electron chi connectivity index (χ3n) is 3.44. The van der Waals surface area contributed by atoms with Crippen LogP contribution in [0.15, 0.2) is 30.3 Å². The van der Waals surface area contributed by atoms with Gasteiger partial charge in [0.1, 0.15) is 0 Å². The molecule has 2 aromatic rings. The molecule has 0 radical (unpaired) electrons. The maximum Gasteiger partial charge on any atom is 0.175 e. The van der Waals surface area contributed by atoms with Crippen LogP contribution in [-0.4, -0.2) is 10.8 Å². The molecule has 0 bridgehead atoms. The number of fused-ring (bicyclic) bond motifs is 1. The summed E-state index contributed by atoms with van der Waals surface area (Å²) in [6.07, 6.45) is 2.45. The predicted molar refractivity (Wildman–Crippen MR) is 73.3 cm³/mol. The van der Waals surface area contributed by atoms with Crippen molar-refractivity contribution in [3.8, 4) is 0 Å². The molecule has 1 atom stereocenters. The molecule has 0 N–H and O–H groups in total. The van der Waals surface area contributed by atoms with Gasteiger partial charge in [0.25, 0.3) is 0 Å². The molecular weight excluding hydrogens is 242 g/mol. The van der Waals surface area contributed by atoms with E-state index in [0.29, 0.717) is 12.3 Å². The van der Waals surface area contributed by atoms with Gasteiger partial charge in [-0.2, -0.15) is 0 Å². The van der Waals surface area contributed by atoms with E-state index in [-0.39, 0.29) is 5.78 Å². The van der Waals surface area contributed by atoms with Crippen LogP contribution in [0, 0.1) is 0 Å². The SMILES string of the molecule is CCc1nc2c(s1)C(=O)CC(c1ccccc1)C2. The van der Waals surface area contributed by atoms with Gasteiger partial charge in [-0.05, 0) is 24.3 Å². The van der Waals surface area contributed by atoms with Crippen molar-refractivity contribution in [1.82, 2.24) is 4.98 Å². The molecule has 3 rings (SSSR count). The first-order valence-corrected chi connectivity index (χ1v) is 7.16. The molecule has 1 heterocycles. The maximum absolute atomic E-state index is 12.2. The smallest absolute Gasteiger partial charge is 0.175 e. The van der Waals surface area contributed by atoms with Crippen LogP contribution in [0.25, 0.3) is 0 Å². The zero-order valence-corrected chi connectivity index (χ0v) is 11.2. The number of aryl methyl sites for hydroxylation is 1. The quantitative estimate of drug-likeness (QED) is 0.822. The van der Waals surface area contributed by atoms with Crippen LogP contribution < -0.4 is 0 Å². The van der Waals surface area contributed by atoms with Crippen molar-refractivity contribution in [3.05, 3.63) is 51.5 Å². The van der Waals surface area contributed by atoms with Gasteiger partial charge in [-0.15, -0.1) is 11.3 Å². The number of nitrogens with zero attached hydrogens (tertiary/aromatic N) is 1. The van der Waals surface area contributed by atoms with Crippen molar-refractivity contribution in [2.24, 2.45) is 0 Å². The zero-order chi connectivity index (χ0) is 12.5. The Morgan fingerprint density at radius 3 is 2.78 bits per heavy atom. The minimum atomic E-state index is 0.266. The van der Waals surface area contributed by atoms with Crippen LogP contribution in [0.2, 0.25) is 0 Å². The van der Waals surface area contributed by atoms with E-state index in [1.165, 1.54) is 5.56 Å². The van der Waals surface area contributed by atoms with E-state index >= 15 is 0 Å². The van der Waals surface area contributed by atoms with E-state index in [2.05, 4.69) is 24.0 Å². The van der Waals surface area contributed by atoms with Gasteiger partial charge in [0.15, 0.2) is 5.78 Å². The van der Waals surface area contributed by atoms with E-state index in [1.54, 1.807) is 11.3 Å². The highest BCUT2D eigenvalue weighted by Crippen LogP contribution is 2.35. The van der Waals surface area contributed by atoms with Gasteiger partial charge in [0.2, 0.25) is 0 Å². The molecule has 0 fully saturated rings. The normalized spacial score (nSPS) is 18.7. The number of thiazole rings is 1. The highest BCUT2D eigenvalue weighted by atomic mass is 32.1. The topological polar surface area (TPSA) is 30.0 Å². The van der Waals surface area contributed by atoms with Crippen LogP contribution in [0.5, 0.6) is 0 Å². The molecule has 18 heavy (non-hydrogen) atoms. The lowest BCUT2D eigenvalue weighted by Crippen LogP contribution is -2.17. The lowest BCUT2D eigenvalue weighted by Gasteiger charge is -2.20. The number of carbonyl (C=O) groups excluding carboxylic acids is 1. The molecule has 0 saturated carbocycles. The number of aromatic nitrogens is 1. The average Bonchev–Trinajstić information content (AvgIpc) is 2.83. The maximum atomic E-state index is 12.2. The van der Waals surface area contributed by atoms with E-state index in [0.717, 1.165) is 28.4 Å². The van der Waals surface area contributed by atoms with Gasteiger partial charge in [0, 0.05) is 6.42 Å². The summed E-state index contributed by atoms with van der Waals surface area (Å²) < 4.78 is 0. The number of hydrogen-bond donors (Lipinski definition) is 0. The number of rotatable bonds is 2. The number of benzene rings is 1. The summed E-state index contributed by atoms with van der Waals surface area (Å²) in [4.78, 5) is 17.7. The first kappa shape index (κ1) is 11.6. The molecule has 2 nitrogen and oxygen atoms in total. The van der Waals surface area contributed by atoms with Crippen molar-refractivity contribution in [3.63, 3.8) is 0 Å². The number of Topliss-reactive ketones (excluding diaryl/α,β-unsaturated/α-hetero) is 1. The molecule has 92 valence electrons. The van der Waals surface area contributed by atoms with E-state index in [9.17, 15) is 4.79 Å². The highest BCUT2D eigenvalue weighted by Gasteiger charge is 2.29. The summed E-state index contributed by atoms with van der Waals surface area (Å²) in [6, 6.07) is 10.3. The second-order valence-electron chi connectivity index (χ2n) is 4.68. The number of ketones is 1. The molecular formula is C15H15NOS. The third-order valence-corrected chi connectivity index (χ3v) is 4.72. The molecule has 1 aliphatic carbocycles. The first-order valence-electron chi connectivity index (χ1n) is 6.34. The van der Waals surface area contributed by atoms with Crippen molar-refractivity contribution >= 4 is 17.1 Å². The Labute approximate surface area is 111 Å². The van der Waals surface area contributed by atoms with Crippen molar-refractivity contribution in [2.45, 2.75) is 32.1 Å². The molecule has 1 unspecified atom stereocenters. The van der Waals surface area contributed by atoms with Gasteiger partial charge in [-0.3, -0.25) is 4.79 Å². The molecule has 0 amide bonds. The Kier molecular flexibility index (Phi) is 3.00. The average molecular weight is 257 g/mol. The lowest BCUT2D eigenvalue weighted by molar-refractivity contribution is 0.0968. The Balaban J connectivity index is 1.94. The Bertz CT molecular complexity index is 573. The standard InChI is InChI=1S/C15H15NOS/c1-2-14-16-12-8-11(9-13(17)15(12)18-14)10-6-4-3-5-7-10/h3-7,11H,2,8-9H2,1H3. The lowest BCUT2D eigenvalue weighted by atomic mass is 9.85. The molecule has 0 spiro atoms. The predicted octanol–water partition coefficient (Wildman–Crippen LogP) is 3.62. The van der Waals surface area contributed by atoms with E-state index in [1.807, 2.05) is 18.2 Å². The molecule has 1 aliphatic rings. The second-order valence-corrected chi connectivity index (χ2v) is 5.76. The molecule has 0 saturated heterocycles. The van der Waals surface area contributed by atoms with Crippen LogP contribution >= 0.6 is 11.3 Å². The fourth-order valence-electron chi connectivity index (χ4n) is 2.49. The largest absolute Gasteiger partial charge is 0.293 e. The minimum absolute atomic E-state index is 0.266. The number of hydrogen-bond acceptors (Lipinski definition) is 3. The van der Waals surface area contributed by atoms with Gasteiger partial charge >= 0.3 is 0 Å². The van der Waals surface area contributed by atoms with Crippen molar-refractivity contribution in [1.29, 1.82) is 0 Å². The summed E-state index contributed by atoms with van der Waals surface area (Å²) in [5.74, 6) is 0.570. The van der Waals surface area contributed by atoms with Gasteiger partial charge in [-0.25, -0.2) is 4.98 Å².